The summed E-state index contributed by atoms with van der Waals surface area (Å²) in [5, 5.41) is 3.26. The zero-order valence-electron chi connectivity index (χ0n) is 11.8. The molecule has 0 unspecified atom stereocenters. The van der Waals surface area contributed by atoms with Crippen LogP contribution in [0.4, 0.5) is 0 Å². The number of rotatable bonds is 8. The third kappa shape index (κ3) is 6.04. The van der Waals surface area contributed by atoms with Crippen LogP contribution < -0.4 is 11.1 Å². The number of carbonyl (C=O) groups excluding carboxylic acids is 1. The summed E-state index contributed by atoms with van der Waals surface area (Å²) in [6, 6.07) is 0.0768. The highest BCUT2D eigenvalue weighted by Gasteiger charge is 2.32. The van der Waals surface area contributed by atoms with Crippen molar-refractivity contribution < 1.29 is 18.4 Å². The fourth-order valence-corrected chi connectivity index (χ4v) is 4.55. The maximum absolute atomic E-state index is 12.5. The summed E-state index contributed by atoms with van der Waals surface area (Å²) < 4.78 is 23.1. The molecule has 0 aromatic carbocycles. The highest BCUT2D eigenvalue weighted by Crippen LogP contribution is 2.50. The molecule has 1 aliphatic heterocycles. The van der Waals surface area contributed by atoms with Gasteiger partial charge in [-0.1, -0.05) is 0 Å². The van der Waals surface area contributed by atoms with Gasteiger partial charge in [-0.3, -0.25) is 9.36 Å². The Hall–Kier alpha value is -0.420. The van der Waals surface area contributed by atoms with E-state index in [1.54, 1.807) is 0 Å². The van der Waals surface area contributed by atoms with Crippen LogP contribution >= 0.6 is 7.60 Å². The van der Waals surface area contributed by atoms with Gasteiger partial charge in [-0.25, -0.2) is 0 Å². The Kier molecular flexibility index (Phi) is 7.00. The van der Waals surface area contributed by atoms with Gasteiger partial charge >= 0.3 is 7.60 Å². The molecule has 7 heteroatoms. The van der Waals surface area contributed by atoms with Crippen LogP contribution in [0.1, 0.15) is 33.1 Å². The molecule has 1 fully saturated rings. The van der Waals surface area contributed by atoms with Crippen LogP contribution in [0.15, 0.2) is 0 Å². The Morgan fingerprint density at radius 2 is 2.00 bits per heavy atom. The highest BCUT2D eigenvalue weighted by atomic mass is 31.2. The molecule has 112 valence electrons. The lowest BCUT2D eigenvalue weighted by Crippen LogP contribution is -2.41. The quantitative estimate of drug-likeness (QED) is 0.661. The van der Waals surface area contributed by atoms with E-state index < -0.39 is 7.60 Å². The minimum absolute atomic E-state index is 0.0768. The minimum Gasteiger partial charge on any atom is -0.370 e. The summed E-state index contributed by atoms with van der Waals surface area (Å²) in [5.41, 5.74) is 5.21. The first-order valence-corrected chi connectivity index (χ1v) is 8.61. The van der Waals surface area contributed by atoms with E-state index in [4.69, 9.17) is 14.8 Å². The lowest BCUT2D eigenvalue weighted by atomic mass is 9.92. The predicted octanol–water partition coefficient (Wildman–Crippen LogP) is 1.50. The van der Waals surface area contributed by atoms with Gasteiger partial charge in [-0.15, -0.1) is 0 Å². The van der Waals surface area contributed by atoms with E-state index in [2.05, 4.69) is 5.32 Å². The second-order valence-corrected chi connectivity index (χ2v) is 6.94. The van der Waals surface area contributed by atoms with E-state index in [0.29, 0.717) is 25.8 Å². The van der Waals surface area contributed by atoms with Gasteiger partial charge in [0.15, 0.2) is 0 Å². The van der Waals surface area contributed by atoms with E-state index in [1.165, 1.54) is 0 Å². The largest absolute Gasteiger partial charge is 0.370 e. The van der Waals surface area contributed by atoms with Gasteiger partial charge in [0.25, 0.3) is 0 Å². The van der Waals surface area contributed by atoms with Gasteiger partial charge in [-0.2, -0.15) is 0 Å². The Balaban J connectivity index is 2.54. The van der Waals surface area contributed by atoms with Crippen molar-refractivity contribution in [3.63, 3.8) is 0 Å². The molecule has 3 N–H and O–H groups in total. The molecule has 0 bridgehead atoms. The number of nitrogens with one attached hydrogen (secondary N) is 1. The van der Waals surface area contributed by atoms with Gasteiger partial charge in [0, 0.05) is 12.5 Å². The summed E-state index contributed by atoms with van der Waals surface area (Å²) in [6.07, 6.45) is 2.45. The van der Waals surface area contributed by atoms with Crippen LogP contribution in [0.5, 0.6) is 0 Å². The van der Waals surface area contributed by atoms with Crippen molar-refractivity contribution >= 4 is 13.5 Å². The fourth-order valence-electron chi connectivity index (χ4n) is 2.51. The molecule has 6 nitrogen and oxygen atoms in total. The SMILES string of the molecule is CCOP(=O)(C[C@H]1CCN[C@@H](CC(N)=O)C1)OCC. The molecule has 1 rings (SSSR count). The monoisotopic (exact) mass is 292 g/mol. The maximum atomic E-state index is 12.5. The Labute approximate surface area is 114 Å². The average molecular weight is 292 g/mol. The molecule has 1 aliphatic rings. The number of primary amides is 1. The summed E-state index contributed by atoms with van der Waals surface area (Å²) in [6.45, 7) is 5.19. The van der Waals surface area contributed by atoms with E-state index in [9.17, 15) is 9.36 Å². The van der Waals surface area contributed by atoms with Crippen molar-refractivity contribution in [3.05, 3.63) is 0 Å². The van der Waals surface area contributed by atoms with Crippen molar-refractivity contribution in [2.75, 3.05) is 25.9 Å². The molecule has 0 aromatic heterocycles. The van der Waals surface area contributed by atoms with Crippen LogP contribution in [0.25, 0.3) is 0 Å². The second kappa shape index (κ2) is 8.00. The second-order valence-electron chi connectivity index (χ2n) is 4.84. The Morgan fingerprint density at radius 1 is 1.37 bits per heavy atom. The third-order valence-corrected chi connectivity index (χ3v) is 5.45. The van der Waals surface area contributed by atoms with E-state index in [1.807, 2.05) is 13.8 Å². The van der Waals surface area contributed by atoms with Crippen LogP contribution in [0.2, 0.25) is 0 Å². The smallest absolute Gasteiger partial charge is 0.330 e. The minimum atomic E-state index is -2.99. The van der Waals surface area contributed by atoms with Crippen LogP contribution in [-0.4, -0.2) is 37.9 Å². The van der Waals surface area contributed by atoms with Crippen molar-refractivity contribution in [1.82, 2.24) is 5.32 Å². The number of carbonyl (C=O) groups is 1. The molecule has 0 saturated carbocycles. The number of hydrogen-bond acceptors (Lipinski definition) is 5. The summed E-state index contributed by atoms with van der Waals surface area (Å²) in [5.74, 6) is -0.0644. The van der Waals surface area contributed by atoms with E-state index >= 15 is 0 Å². The Bertz CT molecular complexity index is 328. The molecule has 0 aromatic rings. The first-order chi connectivity index (χ1) is 8.99. The predicted molar refractivity (Wildman–Crippen MR) is 74.1 cm³/mol. The molecule has 2 atom stereocenters. The molecule has 0 spiro atoms. The van der Waals surface area contributed by atoms with Gasteiger partial charge in [0.05, 0.1) is 19.4 Å². The van der Waals surface area contributed by atoms with Crippen LogP contribution in [0, 0.1) is 5.92 Å². The number of nitrogens with two attached hydrogens (primary N) is 1. The first-order valence-electron chi connectivity index (χ1n) is 6.89. The van der Waals surface area contributed by atoms with Crippen molar-refractivity contribution in [3.8, 4) is 0 Å². The molecule has 1 amide bonds. The van der Waals surface area contributed by atoms with Crippen LogP contribution in [0.3, 0.4) is 0 Å². The van der Waals surface area contributed by atoms with Gasteiger partial charge in [0.1, 0.15) is 0 Å². The third-order valence-electron chi connectivity index (χ3n) is 3.18. The van der Waals surface area contributed by atoms with Gasteiger partial charge in [-0.05, 0) is 39.2 Å². The molecular formula is C12H25N2O4P. The van der Waals surface area contributed by atoms with Crippen LogP contribution in [-0.2, 0) is 18.4 Å². The molecular weight excluding hydrogens is 267 g/mol. The summed E-state index contributed by atoms with van der Waals surface area (Å²) in [4.78, 5) is 10.9. The molecule has 0 aliphatic carbocycles. The summed E-state index contributed by atoms with van der Waals surface area (Å²) in [7, 11) is -2.99. The molecule has 0 radical (unpaired) electrons. The van der Waals surface area contributed by atoms with Crippen molar-refractivity contribution in [2.45, 2.75) is 39.2 Å². The van der Waals surface area contributed by atoms with Crippen molar-refractivity contribution in [1.29, 1.82) is 0 Å². The number of piperidine rings is 1. The van der Waals surface area contributed by atoms with Gasteiger partial charge in [0.2, 0.25) is 5.91 Å². The fraction of sp³-hybridized carbons (Fsp3) is 0.917. The topological polar surface area (TPSA) is 90.6 Å². The van der Waals surface area contributed by atoms with Crippen molar-refractivity contribution in [2.24, 2.45) is 11.7 Å². The molecule has 1 heterocycles. The molecule has 19 heavy (non-hydrogen) atoms. The Morgan fingerprint density at radius 3 is 2.53 bits per heavy atom. The average Bonchev–Trinajstić information content (AvgIpc) is 2.28. The lowest BCUT2D eigenvalue weighted by Gasteiger charge is -2.31. The number of hydrogen-bond donors (Lipinski definition) is 2. The lowest BCUT2D eigenvalue weighted by molar-refractivity contribution is -0.118. The zero-order valence-corrected chi connectivity index (χ0v) is 12.7. The normalized spacial score (nSPS) is 24.3. The standard InChI is InChI=1S/C12H25N2O4P/c1-3-17-19(16,18-4-2)9-10-5-6-14-11(7-10)8-12(13)15/h10-11,14H,3-9H2,1-2H3,(H2,13,15)/t10-,11+/m0/s1. The first kappa shape index (κ1) is 16.6. The molecule has 1 saturated heterocycles. The maximum Gasteiger partial charge on any atom is 0.330 e. The van der Waals surface area contributed by atoms with Gasteiger partial charge < -0.3 is 20.1 Å². The summed E-state index contributed by atoms with van der Waals surface area (Å²) >= 11 is 0. The number of amides is 1. The zero-order chi connectivity index (χ0) is 14.3. The van der Waals surface area contributed by atoms with E-state index in [-0.39, 0.29) is 17.9 Å². The van der Waals surface area contributed by atoms with E-state index in [0.717, 1.165) is 19.4 Å². The highest BCUT2D eigenvalue weighted by molar-refractivity contribution is 7.53.